The van der Waals surface area contributed by atoms with Gasteiger partial charge < -0.3 is 18.4 Å². The van der Waals surface area contributed by atoms with Gasteiger partial charge in [-0.1, -0.05) is 12.1 Å². The van der Waals surface area contributed by atoms with E-state index < -0.39 is 73.6 Å². The standard InChI is InChI=1S/C26H18F8O6S/c27-20-21(28)23(30)25(24(31)22(20)29)40-41(35,36)14-2-4-16-15(6-8-38-18(16)10-14)17-3-1-12(26(32,33)34)9-19(17)39-13-5-7-37-11-13/h1-4,9-10,13,15H,5-8,11H2/t13-,15+/m0/s1. The number of hydrogen-bond acceptors (Lipinski definition) is 6. The fourth-order valence-electron chi connectivity index (χ4n) is 4.55. The van der Waals surface area contributed by atoms with Crippen LogP contribution in [0.2, 0.25) is 0 Å². The van der Waals surface area contributed by atoms with Crippen LogP contribution in [0.1, 0.15) is 35.4 Å². The number of hydrogen-bond donors (Lipinski definition) is 0. The van der Waals surface area contributed by atoms with E-state index in [1.807, 2.05) is 0 Å². The third-order valence-electron chi connectivity index (χ3n) is 6.57. The third-order valence-corrected chi connectivity index (χ3v) is 7.79. The van der Waals surface area contributed by atoms with E-state index in [1.54, 1.807) is 0 Å². The first-order valence-electron chi connectivity index (χ1n) is 12.0. The van der Waals surface area contributed by atoms with Gasteiger partial charge in [0.15, 0.2) is 0 Å². The van der Waals surface area contributed by atoms with Gasteiger partial charge in [0, 0.05) is 29.5 Å². The maximum Gasteiger partial charge on any atom is 0.416 e. The van der Waals surface area contributed by atoms with Crippen molar-refractivity contribution in [3.05, 3.63) is 82.2 Å². The highest BCUT2D eigenvalue weighted by Gasteiger charge is 2.35. The zero-order valence-corrected chi connectivity index (χ0v) is 21.4. The number of alkyl halides is 3. The minimum absolute atomic E-state index is 0.00727. The summed E-state index contributed by atoms with van der Waals surface area (Å²) in [4.78, 5) is -0.743. The molecule has 0 aliphatic carbocycles. The fourth-order valence-corrected chi connectivity index (χ4v) is 5.50. The fraction of sp³-hybridized carbons (Fsp3) is 0.308. The van der Waals surface area contributed by atoms with Crippen LogP contribution in [-0.2, 0) is 21.0 Å². The number of fused-ring (bicyclic) bond motifs is 1. The molecule has 2 atom stereocenters. The summed E-state index contributed by atoms with van der Waals surface area (Å²) in [5, 5.41) is 0. The van der Waals surface area contributed by atoms with Gasteiger partial charge in [-0.05, 0) is 24.6 Å². The molecule has 3 aromatic carbocycles. The third kappa shape index (κ3) is 5.52. The highest BCUT2D eigenvalue weighted by molar-refractivity contribution is 7.87. The Labute approximate surface area is 227 Å². The van der Waals surface area contributed by atoms with E-state index >= 15 is 0 Å². The smallest absolute Gasteiger partial charge is 0.416 e. The van der Waals surface area contributed by atoms with Crippen LogP contribution in [0.4, 0.5) is 35.1 Å². The first kappa shape index (κ1) is 28.9. The van der Waals surface area contributed by atoms with Crippen molar-refractivity contribution in [2.24, 2.45) is 0 Å². The number of ether oxygens (including phenoxy) is 3. The summed E-state index contributed by atoms with van der Waals surface area (Å²) in [5.74, 6) is -15.0. The van der Waals surface area contributed by atoms with Crippen LogP contribution < -0.4 is 13.7 Å². The number of benzene rings is 3. The first-order valence-corrected chi connectivity index (χ1v) is 13.4. The van der Waals surface area contributed by atoms with E-state index in [0.29, 0.717) is 24.2 Å². The van der Waals surface area contributed by atoms with Gasteiger partial charge in [-0.15, -0.1) is 0 Å². The maximum absolute atomic E-state index is 14.0. The monoisotopic (exact) mass is 610 g/mol. The van der Waals surface area contributed by atoms with E-state index in [-0.39, 0.29) is 31.1 Å². The first-order chi connectivity index (χ1) is 19.3. The average Bonchev–Trinajstić information content (AvgIpc) is 3.45. The van der Waals surface area contributed by atoms with Crippen LogP contribution in [0.3, 0.4) is 0 Å². The maximum atomic E-state index is 14.0. The SMILES string of the molecule is O=S(=O)(Oc1c(F)c(F)c(F)c(F)c1F)c1ccc2c(c1)OCC[C@H]2c1ccc(C(F)(F)F)cc1O[C@H]1CCOC1. The lowest BCUT2D eigenvalue weighted by Crippen LogP contribution is -2.21. The Hall–Kier alpha value is -3.59. The molecule has 1 saturated heterocycles. The van der Waals surface area contributed by atoms with Crippen LogP contribution in [0, 0.1) is 29.1 Å². The van der Waals surface area contributed by atoms with Crippen molar-refractivity contribution in [2.75, 3.05) is 19.8 Å². The zero-order chi connectivity index (χ0) is 29.7. The summed E-state index contributed by atoms with van der Waals surface area (Å²) in [7, 11) is -5.15. The minimum Gasteiger partial charge on any atom is -0.493 e. The zero-order valence-electron chi connectivity index (χ0n) is 20.5. The molecule has 6 nitrogen and oxygen atoms in total. The Morgan fingerprint density at radius 3 is 2.10 bits per heavy atom. The van der Waals surface area contributed by atoms with Gasteiger partial charge >= 0.3 is 16.3 Å². The minimum atomic E-state index is -5.15. The second-order valence-electron chi connectivity index (χ2n) is 9.18. The lowest BCUT2D eigenvalue weighted by molar-refractivity contribution is -0.137. The summed E-state index contributed by atoms with van der Waals surface area (Å²) in [6, 6.07) is 6.12. The molecule has 2 aliphatic rings. The van der Waals surface area contributed by atoms with E-state index in [0.717, 1.165) is 24.3 Å². The van der Waals surface area contributed by atoms with Crippen molar-refractivity contribution in [1.82, 2.24) is 0 Å². The molecule has 0 spiro atoms. The molecule has 15 heteroatoms. The molecule has 1 fully saturated rings. The molecule has 0 radical (unpaired) electrons. The molecule has 0 bridgehead atoms. The average molecular weight is 610 g/mol. The lowest BCUT2D eigenvalue weighted by Gasteiger charge is -2.29. The predicted molar refractivity (Wildman–Crippen MR) is 124 cm³/mol. The van der Waals surface area contributed by atoms with Crippen molar-refractivity contribution in [1.29, 1.82) is 0 Å². The molecule has 0 aromatic heterocycles. The second kappa shape index (κ2) is 10.7. The van der Waals surface area contributed by atoms with Gasteiger partial charge in [0.25, 0.3) is 0 Å². The van der Waals surface area contributed by atoms with Crippen LogP contribution in [0.25, 0.3) is 0 Å². The topological polar surface area (TPSA) is 71.1 Å². The molecule has 2 heterocycles. The Kier molecular flexibility index (Phi) is 7.53. The van der Waals surface area contributed by atoms with E-state index in [4.69, 9.17) is 14.2 Å². The molecule has 3 aromatic rings. The molecule has 0 N–H and O–H groups in total. The normalized spacial score (nSPS) is 19.0. The molecule has 0 saturated carbocycles. The van der Waals surface area contributed by atoms with Gasteiger partial charge in [-0.3, -0.25) is 0 Å². The molecule has 2 aliphatic heterocycles. The Bertz CT molecular complexity index is 1570. The largest absolute Gasteiger partial charge is 0.493 e. The van der Waals surface area contributed by atoms with E-state index in [1.165, 1.54) is 12.1 Å². The molecule has 41 heavy (non-hydrogen) atoms. The van der Waals surface area contributed by atoms with Crippen LogP contribution in [0.5, 0.6) is 17.2 Å². The van der Waals surface area contributed by atoms with Crippen molar-refractivity contribution < 1.29 is 61.9 Å². The number of rotatable bonds is 6. The van der Waals surface area contributed by atoms with Gasteiger partial charge in [0.1, 0.15) is 22.5 Å². The Balaban J connectivity index is 1.50. The quantitative estimate of drug-likeness (QED) is 0.142. The predicted octanol–water partition coefficient (Wildman–Crippen LogP) is 6.25. The van der Waals surface area contributed by atoms with Crippen molar-refractivity contribution in [3.8, 4) is 17.2 Å². The number of halogens is 8. The molecule has 0 amide bonds. The highest BCUT2D eigenvalue weighted by Crippen LogP contribution is 2.45. The van der Waals surface area contributed by atoms with Gasteiger partial charge in [0.2, 0.25) is 34.8 Å². The molecular formula is C26H18F8O6S. The summed E-state index contributed by atoms with van der Waals surface area (Å²) in [5.41, 5.74) is -0.226. The Morgan fingerprint density at radius 1 is 0.805 bits per heavy atom. The summed E-state index contributed by atoms with van der Waals surface area (Å²) in [6.07, 6.45) is -4.40. The molecular weight excluding hydrogens is 592 g/mol. The van der Waals surface area contributed by atoms with Gasteiger partial charge in [0.05, 0.1) is 25.4 Å². The van der Waals surface area contributed by atoms with E-state index in [9.17, 15) is 43.5 Å². The van der Waals surface area contributed by atoms with Crippen molar-refractivity contribution in [2.45, 2.75) is 35.9 Å². The molecule has 220 valence electrons. The summed E-state index contributed by atoms with van der Waals surface area (Å²) < 4.78 is 155. The second-order valence-corrected chi connectivity index (χ2v) is 10.7. The van der Waals surface area contributed by atoms with Crippen LogP contribution >= 0.6 is 0 Å². The summed E-state index contributed by atoms with van der Waals surface area (Å²) in [6.45, 7) is 0.556. The highest BCUT2D eigenvalue weighted by atomic mass is 32.2. The Morgan fingerprint density at radius 2 is 1.46 bits per heavy atom. The summed E-state index contributed by atoms with van der Waals surface area (Å²) >= 11 is 0. The van der Waals surface area contributed by atoms with E-state index in [2.05, 4.69) is 4.18 Å². The lowest BCUT2D eigenvalue weighted by atomic mass is 9.85. The van der Waals surface area contributed by atoms with Crippen LogP contribution in [-0.4, -0.2) is 34.3 Å². The molecule has 0 unspecified atom stereocenters. The van der Waals surface area contributed by atoms with Gasteiger partial charge in [-0.25, -0.2) is 13.2 Å². The van der Waals surface area contributed by atoms with Crippen molar-refractivity contribution in [3.63, 3.8) is 0 Å². The van der Waals surface area contributed by atoms with Gasteiger partial charge in [-0.2, -0.15) is 30.4 Å². The molecule has 5 rings (SSSR count). The van der Waals surface area contributed by atoms with Crippen LogP contribution in [0.15, 0.2) is 41.3 Å². The van der Waals surface area contributed by atoms with Crippen molar-refractivity contribution >= 4 is 10.1 Å².